The Bertz CT molecular complexity index is 278. The van der Waals surface area contributed by atoms with Crippen molar-refractivity contribution in [3.05, 3.63) is 0 Å². The summed E-state index contributed by atoms with van der Waals surface area (Å²) in [5, 5.41) is 9.08. The Hall–Kier alpha value is -1.04. The molecule has 0 heterocycles. The van der Waals surface area contributed by atoms with Gasteiger partial charge in [0.15, 0.2) is 0 Å². The van der Waals surface area contributed by atoms with Crippen LogP contribution in [0.3, 0.4) is 0 Å². The zero-order valence-corrected chi connectivity index (χ0v) is 9.92. The standard InChI is InChI=1S/C12H20N2O/c1-4-8-14(10-6-7-10)11(15)12(3,5-2)9-13/h10H,4-8H2,1-3H3. The van der Waals surface area contributed by atoms with Gasteiger partial charge >= 0.3 is 0 Å². The highest BCUT2D eigenvalue weighted by molar-refractivity contribution is 5.85. The third-order valence-electron chi connectivity index (χ3n) is 3.14. The monoisotopic (exact) mass is 208 g/mol. The second-order valence-electron chi connectivity index (χ2n) is 4.53. The van der Waals surface area contributed by atoms with E-state index < -0.39 is 5.41 Å². The molecule has 0 aromatic rings. The van der Waals surface area contributed by atoms with Crippen molar-refractivity contribution in [1.29, 1.82) is 5.26 Å². The molecule has 1 unspecified atom stereocenters. The number of rotatable bonds is 5. The molecule has 3 nitrogen and oxygen atoms in total. The topological polar surface area (TPSA) is 44.1 Å². The Morgan fingerprint density at radius 1 is 1.53 bits per heavy atom. The normalized spacial score (nSPS) is 19.1. The van der Waals surface area contributed by atoms with E-state index in [1.54, 1.807) is 6.92 Å². The van der Waals surface area contributed by atoms with Gasteiger partial charge in [0, 0.05) is 12.6 Å². The number of carbonyl (C=O) groups is 1. The van der Waals surface area contributed by atoms with Gasteiger partial charge in [-0.2, -0.15) is 5.26 Å². The summed E-state index contributed by atoms with van der Waals surface area (Å²) < 4.78 is 0. The highest BCUT2D eigenvalue weighted by atomic mass is 16.2. The Balaban J connectivity index is 2.75. The van der Waals surface area contributed by atoms with Gasteiger partial charge in [-0.3, -0.25) is 4.79 Å². The largest absolute Gasteiger partial charge is 0.338 e. The van der Waals surface area contributed by atoms with Crippen LogP contribution < -0.4 is 0 Å². The maximum Gasteiger partial charge on any atom is 0.242 e. The van der Waals surface area contributed by atoms with Gasteiger partial charge in [0.2, 0.25) is 5.91 Å². The maximum atomic E-state index is 12.2. The Labute approximate surface area is 92.1 Å². The lowest BCUT2D eigenvalue weighted by Gasteiger charge is -2.29. The van der Waals surface area contributed by atoms with Gasteiger partial charge < -0.3 is 4.90 Å². The van der Waals surface area contributed by atoms with E-state index in [9.17, 15) is 4.79 Å². The molecule has 1 amide bonds. The molecule has 1 fully saturated rings. The lowest BCUT2D eigenvalue weighted by atomic mass is 9.87. The molecule has 1 rings (SSSR count). The predicted octanol–water partition coefficient (Wildman–Crippen LogP) is 2.33. The number of nitrogens with zero attached hydrogens (tertiary/aromatic N) is 2. The highest BCUT2D eigenvalue weighted by Gasteiger charge is 2.40. The van der Waals surface area contributed by atoms with Crippen molar-refractivity contribution >= 4 is 5.91 Å². The van der Waals surface area contributed by atoms with Gasteiger partial charge in [-0.15, -0.1) is 0 Å². The van der Waals surface area contributed by atoms with Crippen LogP contribution in [0.15, 0.2) is 0 Å². The fourth-order valence-corrected chi connectivity index (χ4v) is 1.67. The van der Waals surface area contributed by atoms with E-state index in [4.69, 9.17) is 5.26 Å². The van der Waals surface area contributed by atoms with Gasteiger partial charge in [0.25, 0.3) is 0 Å². The molecule has 1 saturated carbocycles. The SMILES string of the molecule is CCCN(C(=O)C(C)(C#N)CC)C1CC1. The average Bonchev–Trinajstić information content (AvgIpc) is 3.07. The van der Waals surface area contributed by atoms with Crippen molar-refractivity contribution in [3.8, 4) is 6.07 Å². The Morgan fingerprint density at radius 2 is 2.13 bits per heavy atom. The van der Waals surface area contributed by atoms with E-state index in [1.165, 1.54) is 0 Å². The third kappa shape index (κ3) is 2.50. The van der Waals surface area contributed by atoms with Crippen LogP contribution in [0.1, 0.15) is 46.5 Å². The van der Waals surface area contributed by atoms with Crippen molar-refractivity contribution in [2.75, 3.05) is 6.54 Å². The second-order valence-corrected chi connectivity index (χ2v) is 4.53. The smallest absolute Gasteiger partial charge is 0.242 e. The predicted molar refractivity (Wildman–Crippen MR) is 59.0 cm³/mol. The molecular weight excluding hydrogens is 188 g/mol. The van der Waals surface area contributed by atoms with E-state index in [2.05, 4.69) is 13.0 Å². The molecule has 0 bridgehead atoms. The van der Waals surface area contributed by atoms with Crippen LogP contribution in [-0.2, 0) is 4.79 Å². The van der Waals surface area contributed by atoms with Crippen LogP contribution >= 0.6 is 0 Å². The van der Waals surface area contributed by atoms with Gasteiger partial charge in [-0.05, 0) is 32.6 Å². The molecule has 0 aliphatic heterocycles. The lowest BCUT2D eigenvalue weighted by Crippen LogP contribution is -2.43. The van der Waals surface area contributed by atoms with E-state index >= 15 is 0 Å². The van der Waals surface area contributed by atoms with Crippen molar-refractivity contribution in [2.45, 2.75) is 52.5 Å². The maximum absolute atomic E-state index is 12.2. The zero-order chi connectivity index (χ0) is 11.5. The molecule has 15 heavy (non-hydrogen) atoms. The number of nitriles is 1. The van der Waals surface area contributed by atoms with Crippen molar-refractivity contribution in [3.63, 3.8) is 0 Å². The summed E-state index contributed by atoms with van der Waals surface area (Å²) in [7, 11) is 0. The van der Waals surface area contributed by atoms with Crippen LogP contribution in [0.25, 0.3) is 0 Å². The molecule has 0 N–H and O–H groups in total. The van der Waals surface area contributed by atoms with Crippen molar-refractivity contribution in [1.82, 2.24) is 4.90 Å². The van der Waals surface area contributed by atoms with Crippen LogP contribution in [-0.4, -0.2) is 23.4 Å². The molecule has 84 valence electrons. The minimum absolute atomic E-state index is 0.0249. The fourth-order valence-electron chi connectivity index (χ4n) is 1.67. The quantitative estimate of drug-likeness (QED) is 0.696. The lowest BCUT2D eigenvalue weighted by molar-refractivity contribution is -0.139. The van der Waals surface area contributed by atoms with Crippen molar-refractivity contribution in [2.24, 2.45) is 5.41 Å². The summed E-state index contributed by atoms with van der Waals surface area (Å²) in [4.78, 5) is 14.1. The summed E-state index contributed by atoms with van der Waals surface area (Å²) in [6, 6.07) is 2.57. The zero-order valence-electron chi connectivity index (χ0n) is 9.92. The molecule has 1 aliphatic rings. The summed E-state index contributed by atoms with van der Waals surface area (Å²) in [6.07, 6.45) is 3.77. The van der Waals surface area contributed by atoms with Gasteiger partial charge in [-0.1, -0.05) is 13.8 Å². The summed E-state index contributed by atoms with van der Waals surface area (Å²) >= 11 is 0. The first-order valence-electron chi connectivity index (χ1n) is 5.81. The molecule has 1 aliphatic carbocycles. The second kappa shape index (κ2) is 4.65. The average molecular weight is 208 g/mol. The van der Waals surface area contributed by atoms with Crippen LogP contribution in [0.5, 0.6) is 0 Å². The van der Waals surface area contributed by atoms with Crippen LogP contribution in [0.2, 0.25) is 0 Å². The molecule has 1 atom stereocenters. The van der Waals surface area contributed by atoms with E-state index in [0.717, 1.165) is 25.8 Å². The molecule has 0 saturated heterocycles. The number of amides is 1. The number of hydrogen-bond donors (Lipinski definition) is 0. The molecule has 0 aromatic heterocycles. The van der Waals surface area contributed by atoms with Gasteiger partial charge in [0.1, 0.15) is 5.41 Å². The molecule has 0 radical (unpaired) electrons. The highest BCUT2D eigenvalue weighted by Crippen LogP contribution is 2.32. The number of hydrogen-bond acceptors (Lipinski definition) is 2. The van der Waals surface area contributed by atoms with E-state index in [1.807, 2.05) is 11.8 Å². The van der Waals surface area contributed by atoms with Crippen LogP contribution in [0, 0.1) is 16.7 Å². The van der Waals surface area contributed by atoms with E-state index in [-0.39, 0.29) is 5.91 Å². The molecule has 0 aromatic carbocycles. The molecule has 0 spiro atoms. The van der Waals surface area contributed by atoms with Gasteiger partial charge in [0.05, 0.1) is 6.07 Å². The first-order valence-corrected chi connectivity index (χ1v) is 5.81. The summed E-state index contributed by atoms with van der Waals surface area (Å²) in [6.45, 7) is 6.51. The minimum Gasteiger partial charge on any atom is -0.338 e. The first-order chi connectivity index (χ1) is 7.09. The van der Waals surface area contributed by atoms with Gasteiger partial charge in [-0.25, -0.2) is 0 Å². The molecular formula is C12H20N2O. The van der Waals surface area contributed by atoms with Crippen molar-refractivity contribution < 1.29 is 4.79 Å². The number of carbonyl (C=O) groups excluding carboxylic acids is 1. The fraction of sp³-hybridized carbons (Fsp3) is 0.833. The summed E-state index contributed by atoms with van der Waals surface area (Å²) in [5.41, 5.74) is -0.822. The van der Waals surface area contributed by atoms with Crippen LogP contribution in [0.4, 0.5) is 0 Å². The van der Waals surface area contributed by atoms with E-state index in [0.29, 0.717) is 12.5 Å². The molecule has 3 heteroatoms. The Morgan fingerprint density at radius 3 is 2.47 bits per heavy atom. The third-order valence-corrected chi connectivity index (χ3v) is 3.14. The first kappa shape index (κ1) is 12.0. The minimum atomic E-state index is -0.822. The summed E-state index contributed by atoms with van der Waals surface area (Å²) in [5.74, 6) is 0.0249. The Kier molecular flexibility index (Phi) is 3.73.